The van der Waals surface area contributed by atoms with Crippen LogP contribution in [0.1, 0.15) is 50.1 Å². The number of fused-ring (bicyclic) bond motifs is 3. The predicted octanol–water partition coefficient (Wildman–Crippen LogP) is 3.54. The molecule has 1 aromatic rings. The minimum Gasteiger partial charge on any atom is -0.493 e. The average molecular weight is 393 g/mol. The van der Waals surface area contributed by atoms with Gasteiger partial charge in [-0.25, -0.2) is 0 Å². The fourth-order valence-corrected chi connectivity index (χ4v) is 5.19. The van der Waals surface area contributed by atoms with E-state index in [4.69, 9.17) is 10.5 Å². The number of amides is 1. The number of rotatable bonds is 2. The Hall–Kier alpha value is -1.07. The SMILES string of the molecule is NC1C2CCCC1CC(C(=O)NC1CCOc3ccc(Br)cc31)C2. The Kier molecular flexibility index (Phi) is 4.56. The third-order valence-corrected chi connectivity index (χ3v) is 6.60. The normalized spacial score (nSPS) is 34.8. The van der Waals surface area contributed by atoms with E-state index in [1.54, 1.807) is 0 Å². The lowest BCUT2D eigenvalue weighted by Gasteiger charge is -2.43. The van der Waals surface area contributed by atoms with Crippen molar-refractivity contribution in [3.63, 3.8) is 0 Å². The molecule has 1 aliphatic heterocycles. The molecule has 3 aliphatic rings. The second kappa shape index (κ2) is 6.68. The summed E-state index contributed by atoms with van der Waals surface area (Å²) in [6.07, 6.45) is 6.39. The van der Waals surface area contributed by atoms with E-state index < -0.39 is 0 Å². The zero-order chi connectivity index (χ0) is 16.7. The molecule has 5 heteroatoms. The molecule has 2 saturated carbocycles. The summed E-state index contributed by atoms with van der Waals surface area (Å²) in [5, 5.41) is 3.30. The summed E-state index contributed by atoms with van der Waals surface area (Å²) in [6.45, 7) is 0.653. The van der Waals surface area contributed by atoms with Crippen molar-refractivity contribution < 1.29 is 9.53 Å². The van der Waals surface area contributed by atoms with Crippen molar-refractivity contribution in [2.24, 2.45) is 23.5 Å². The second-order valence-corrected chi connectivity index (χ2v) is 8.49. The van der Waals surface area contributed by atoms with Gasteiger partial charge in [0.15, 0.2) is 0 Å². The van der Waals surface area contributed by atoms with E-state index in [2.05, 4.69) is 27.3 Å². The van der Waals surface area contributed by atoms with Crippen LogP contribution in [0.2, 0.25) is 0 Å². The first-order valence-corrected chi connectivity index (χ1v) is 9.89. The lowest BCUT2D eigenvalue weighted by Crippen LogP contribution is -2.49. The minimum atomic E-state index is 0.0502. The van der Waals surface area contributed by atoms with E-state index in [9.17, 15) is 4.79 Å². The molecule has 0 spiro atoms. The number of carbonyl (C=O) groups excluding carboxylic acids is 1. The van der Waals surface area contributed by atoms with Crippen LogP contribution in [-0.2, 0) is 4.79 Å². The number of hydrogen-bond acceptors (Lipinski definition) is 3. The highest BCUT2D eigenvalue weighted by molar-refractivity contribution is 9.10. The van der Waals surface area contributed by atoms with Crippen molar-refractivity contribution >= 4 is 21.8 Å². The number of ether oxygens (including phenoxy) is 1. The molecule has 3 atom stereocenters. The molecule has 4 rings (SSSR count). The summed E-state index contributed by atoms with van der Waals surface area (Å²) in [4.78, 5) is 12.9. The zero-order valence-corrected chi connectivity index (χ0v) is 15.4. The first-order valence-electron chi connectivity index (χ1n) is 9.10. The molecular formula is C19H25BrN2O2. The Morgan fingerprint density at radius 1 is 1.21 bits per heavy atom. The van der Waals surface area contributed by atoms with Crippen molar-refractivity contribution in [1.82, 2.24) is 5.32 Å². The number of nitrogens with two attached hydrogens (primary N) is 1. The number of hydrogen-bond donors (Lipinski definition) is 2. The maximum absolute atomic E-state index is 12.9. The van der Waals surface area contributed by atoms with Gasteiger partial charge in [0.2, 0.25) is 5.91 Å². The quantitative estimate of drug-likeness (QED) is 0.808. The Balaban J connectivity index is 1.47. The monoisotopic (exact) mass is 392 g/mol. The Labute approximate surface area is 151 Å². The fraction of sp³-hybridized carbons (Fsp3) is 0.632. The van der Waals surface area contributed by atoms with E-state index in [1.165, 1.54) is 19.3 Å². The van der Waals surface area contributed by atoms with Gasteiger partial charge in [0.05, 0.1) is 12.6 Å². The molecule has 4 nitrogen and oxygen atoms in total. The molecule has 3 N–H and O–H groups in total. The molecule has 2 bridgehead atoms. The summed E-state index contributed by atoms with van der Waals surface area (Å²) in [5.41, 5.74) is 7.44. The lowest BCUT2D eigenvalue weighted by atomic mass is 9.65. The lowest BCUT2D eigenvalue weighted by molar-refractivity contribution is -0.128. The van der Waals surface area contributed by atoms with Gasteiger partial charge in [-0.15, -0.1) is 0 Å². The highest BCUT2D eigenvalue weighted by Gasteiger charge is 2.41. The van der Waals surface area contributed by atoms with E-state index >= 15 is 0 Å². The van der Waals surface area contributed by atoms with Crippen molar-refractivity contribution in [2.75, 3.05) is 6.61 Å². The summed E-state index contributed by atoms with van der Waals surface area (Å²) < 4.78 is 6.74. The third-order valence-electron chi connectivity index (χ3n) is 6.11. The molecule has 2 fully saturated rings. The van der Waals surface area contributed by atoms with Gasteiger partial charge >= 0.3 is 0 Å². The summed E-state index contributed by atoms with van der Waals surface area (Å²) >= 11 is 3.52. The topological polar surface area (TPSA) is 64.4 Å². The van der Waals surface area contributed by atoms with E-state index in [0.29, 0.717) is 24.5 Å². The molecule has 3 unspecified atom stereocenters. The van der Waals surface area contributed by atoms with Crippen LogP contribution in [0.3, 0.4) is 0 Å². The minimum absolute atomic E-state index is 0.0502. The Morgan fingerprint density at radius 3 is 2.71 bits per heavy atom. The van der Waals surface area contributed by atoms with Crippen molar-refractivity contribution in [2.45, 2.75) is 50.6 Å². The summed E-state index contributed by atoms with van der Waals surface area (Å²) in [6, 6.07) is 6.37. The first kappa shape index (κ1) is 16.4. The first-order chi connectivity index (χ1) is 11.6. The van der Waals surface area contributed by atoms with Gasteiger partial charge in [-0.1, -0.05) is 22.4 Å². The number of halogens is 1. The molecule has 130 valence electrons. The van der Waals surface area contributed by atoms with Gasteiger partial charge in [0, 0.05) is 28.4 Å². The maximum Gasteiger partial charge on any atom is 0.223 e. The third kappa shape index (κ3) is 3.08. The Bertz CT molecular complexity index is 622. The molecule has 0 aromatic heterocycles. The van der Waals surface area contributed by atoms with Crippen molar-refractivity contribution in [3.05, 3.63) is 28.2 Å². The van der Waals surface area contributed by atoms with E-state index in [0.717, 1.165) is 35.0 Å². The summed E-state index contributed by atoms with van der Waals surface area (Å²) in [5.74, 6) is 2.28. The standard InChI is InChI=1S/C19H25BrN2O2/c20-14-4-5-17-15(10-14)16(6-7-24-17)22-19(23)13-8-11-2-1-3-12(9-13)18(11)21/h4-5,10-13,16,18H,1-3,6-9,21H2,(H,22,23). The predicted molar refractivity (Wildman–Crippen MR) is 96.7 cm³/mol. The Morgan fingerprint density at radius 2 is 1.96 bits per heavy atom. The molecule has 1 aromatic carbocycles. The summed E-state index contributed by atoms with van der Waals surface area (Å²) in [7, 11) is 0. The van der Waals surface area contributed by atoms with Crippen molar-refractivity contribution in [3.8, 4) is 5.75 Å². The molecular weight excluding hydrogens is 368 g/mol. The molecule has 1 amide bonds. The van der Waals surface area contributed by atoms with Crippen molar-refractivity contribution in [1.29, 1.82) is 0 Å². The van der Waals surface area contributed by atoms with E-state index in [1.807, 2.05) is 12.1 Å². The van der Waals surface area contributed by atoms with Gasteiger partial charge < -0.3 is 15.8 Å². The maximum atomic E-state index is 12.9. The number of benzene rings is 1. The van der Waals surface area contributed by atoms with Crippen LogP contribution in [0.25, 0.3) is 0 Å². The molecule has 2 aliphatic carbocycles. The second-order valence-electron chi connectivity index (χ2n) is 7.58. The van der Waals surface area contributed by atoms with Gasteiger partial charge in [0.1, 0.15) is 5.75 Å². The van der Waals surface area contributed by atoms with Crippen LogP contribution in [-0.4, -0.2) is 18.6 Å². The van der Waals surface area contributed by atoms with Crippen LogP contribution in [0.5, 0.6) is 5.75 Å². The smallest absolute Gasteiger partial charge is 0.223 e. The van der Waals surface area contributed by atoms with Crippen LogP contribution >= 0.6 is 15.9 Å². The molecule has 1 heterocycles. The van der Waals surface area contributed by atoms with Gasteiger partial charge in [-0.3, -0.25) is 4.79 Å². The highest BCUT2D eigenvalue weighted by Crippen LogP contribution is 2.42. The fourth-order valence-electron chi connectivity index (χ4n) is 4.81. The van der Waals surface area contributed by atoms with Gasteiger partial charge in [-0.05, 0) is 55.7 Å². The molecule has 0 saturated heterocycles. The number of nitrogens with one attached hydrogen (secondary N) is 1. The van der Waals surface area contributed by atoms with Crippen LogP contribution in [0.15, 0.2) is 22.7 Å². The van der Waals surface area contributed by atoms with Crippen LogP contribution in [0, 0.1) is 17.8 Å². The van der Waals surface area contributed by atoms with Crippen LogP contribution in [0.4, 0.5) is 0 Å². The zero-order valence-electron chi connectivity index (χ0n) is 13.8. The van der Waals surface area contributed by atoms with E-state index in [-0.39, 0.29) is 17.9 Å². The largest absolute Gasteiger partial charge is 0.493 e. The van der Waals surface area contributed by atoms with Gasteiger partial charge in [0.25, 0.3) is 0 Å². The highest BCUT2D eigenvalue weighted by atomic mass is 79.9. The van der Waals surface area contributed by atoms with Gasteiger partial charge in [-0.2, -0.15) is 0 Å². The molecule has 0 radical (unpaired) electrons. The van der Waals surface area contributed by atoms with Crippen LogP contribution < -0.4 is 15.8 Å². The molecule has 24 heavy (non-hydrogen) atoms. The number of carbonyl (C=O) groups is 1. The average Bonchev–Trinajstić information content (AvgIpc) is 2.55.